The van der Waals surface area contributed by atoms with Gasteiger partial charge in [0.05, 0.1) is 6.04 Å². The van der Waals surface area contributed by atoms with Gasteiger partial charge in [-0.1, -0.05) is 17.7 Å². The fraction of sp³-hybridized carbons (Fsp3) is 0.500. The molecule has 1 aromatic carbocycles. The van der Waals surface area contributed by atoms with Crippen LogP contribution in [0.3, 0.4) is 0 Å². The summed E-state index contributed by atoms with van der Waals surface area (Å²) in [6.07, 6.45) is 0. The van der Waals surface area contributed by atoms with Crippen LogP contribution in [0.25, 0.3) is 11.5 Å². The largest absolute Gasteiger partial charge is 0.419 e. The van der Waals surface area contributed by atoms with Crippen LogP contribution >= 0.6 is 11.6 Å². The Balaban J connectivity index is 1.78. The molecule has 0 unspecified atom stereocenters. The molecule has 1 aliphatic heterocycles. The third-order valence-corrected chi connectivity index (χ3v) is 4.48. The lowest BCUT2D eigenvalue weighted by molar-refractivity contribution is 0.0572. The Hall–Kier alpha value is -1.43. The molecule has 2 atom stereocenters. The van der Waals surface area contributed by atoms with Crippen molar-refractivity contribution in [3.63, 3.8) is 0 Å². The average Bonchev–Trinajstić information content (AvgIpc) is 2.96. The highest BCUT2D eigenvalue weighted by Gasteiger charge is 2.29. The summed E-state index contributed by atoms with van der Waals surface area (Å²) < 4.78 is 5.88. The summed E-state index contributed by atoms with van der Waals surface area (Å²) in [6.45, 7) is 7.48. The van der Waals surface area contributed by atoms with Crippen LogP contribution in [0, 0.1) is 0 Å². The third-order valence-electron chi connectivity index (χ3n) is 4.25. The van der Waals surface area contributed by atoms with Crippen LogP contribution in [0.1, 0.15) is 25.8 Å². The maximum atomic E-state index is 6.02. The first-order valence-corrected chi connectivity index (χ1v) is 7.96. The molecule has 0 spiro atoms. The van der Waals surface area contributed by atoms with Crippen LogP contribution in [0.15, 0.2) is 28.7 Å². The number of nitrogens with zero attached hydrogens (tertiary/aromatic N) is 4. The van der Waals surface area contributed by atoms with Crippen molar-refractivity contribution < 1.29 is 4.42 Å². The molecule has 2 aromatic rings. The van der Waals surface area contributed by atoms with Gasteiger partial charge in [-0.3, -0.25) is 4.90 Å². The quantitative estimate of drug-likeness (QED) is 0.869. The zero-order chi connectivity index (χ0) is 15.7. The van der Waals surface area contributed by atoms with Crippen molar-refractivity contribution >= 4 is 11.6 Å². The van der Waals surface area contributed by atoms with Gasteiger partial charge in [0.15, 0.2) is 0 Å². The number of halogens is 1. The van der Waals surface area contributed by atoms with Crippen LogP contribution in [0.4, 0.5) is 0 Å². The number of hydrogen-bond acceptors (Lipinski definition) is 5. The first kappa shape index (κ1) is 15.5. The molecule has 22 heavy (non-hydrogen) atoms. The topological polar surface area (TPSA) is 45.4 Å². The van der Waals surface area contributed by atoms with Gasteiger partial charge in [-0.05, 0) is 39.1 Å². The van der Waals surface area contributed by atoms with Gasteiger partial charge in [0.2, 0.25) is 11.8 Å². The van der Waals surface area contributed by atoms with Crippen molar-refractivity contribution in [3.8, 4) is 11.5 Å². The van der Waals surface area contributed by atoms with Crippen molar-refractivity contribution in [2.75, 3.05) is 26.7 Å². The van der Waals surface area contributed by atoms with E-state index in [-0.39, 0.29) is 6.04 Å². The predicted molar refractivity (Wildman–Crippen MR) is 86.8 cm³/mol. The smallest absolute Gasteiger partial charge is 0.247 e. The van der Waals surface area contributed by atoms with Crippen LogP contribution in [-0.2, 0) is 0 Å². The second-order valence-corrected chi connectivity index (χ2v) is 6.42. The molecule has 3 rings (SSSR count). The lowest BCUT2D eigenvalue weighted by atomic mass is 10.1. The van der Waals surface area contributed by atoms with E-state index in [4.69, 9.17) is 16.0 Å². The van der Waals surface area contributed by atoms with E-state index in [0.29, 0.717) is 22.8 Å². The second kappa shape index (κ2) is 6.36. The Morgan fingerprint density at radius 2 is 2.14 bits per heavy atom. The fourth-order valence-corrected chi connectivity index (χ4v) is 3.20. The molecule has 1 saturated heterocycles. The summed E-state index contributed by atoms with van der Waals surface area (Å²) >= 11 is 6.02. The molecular formula is C16H21ClN4O. The van der Waals surface area contributed by atoms with Crippen molar-refractivity contribution in [1.29, 1.82) is 0 Å². The summed E-state index contributed by atoms with van der Waals surface area (Å²) in [5.74, 6) is 1.18. The Kier molecular flexibility index (Phi) is 4.47. The molecule has 1 fully saturated rings. The molecule has 1 aliphatic rings. The normalized spacial score (nSPS) is 21.9. The predicted octanol–water partition coefficient (Wildman–Crippen LogP) is 3.09. The highest BCUT2D eigenvalue weighted by Crippen LogP contribution is 2.27. The lowest BCUT2D eigenvalue weighted by Crippen LogP contribution is -2.51. The minimum Gasteiger partial charge on any atom is -0.419 e. The van der Waals surface area contributed by atoms with Crippen molar-refractivity contribution in [3.05, 3.63) is 35.2 Å². The zero-order valence-electron chi connectivity index (χ0n) is 13.2. The second-order valence-electron chi connectivity index (χ2n) is 5.98. The number of aromatic nitrogens is 2. The van der Waals surface area contributed by atoms with Crippen LogP contribution in [0.5, 0.6) is 0 Å². The van der Waals surface area contributed by atoms with E-state index < -0.39 is 0 Å². The minimum absolute atomic E-state index is 0.115. The van der Waals surface area contributed by atoms with Gasteiger partial charge in [0, 0.05) is 36.3 Å². The van der Waals surface area contributed by atoms with Gasteiger partial charge in [0.25, 0.3) is 0 Å². The van der Waals surface area contributed by atoms with Gasteiger partial charge < -0.3 is 9.32 Å². The molecule has 5 nitrogen and oxygen atoms in total. The summed E-state index contributed by atoms with van der Waals surface area (Å²) in [6, 6.07) is 8.05. The van der Waals surface area contributed by atoms with Crippen molar-refractivity contribution in [2.45, 2.75) is 25.9 Å². The summed E-state index contributed by atoms with van der Waals surface area (Å²) in [5.41, 5.74) is 0.852. The molecule has 0 saturated carbocycles. The van der Waals surface area contributed by atoms with E-state index in [9.17, 15) is 0 Å². The number of rotatable bonds is 3. The Bertz CT molecular complexity index is 645. The highest BCUT2D eigenvalue weighted by molar-refractivity contribution is 6.30. The molecule has 0 N–H and O–H groups in total. The van der Waals surface area contributed by atoms with Gasteiger partial charge in [0.1, 0.15) is 0 Å². The molecule has 6 heteroatoms. The van der Waals surface area contributed by atoms with Gasteiger partial charge in [-0.15, -0.1) is 10.2 Å². The Morgan fingerprint density at radius 3 is 2.86 bits per heavy atom. The summed E-state index contributed by atoms with van der Waals surface area (Å²) in [5, 5.41) is 9.07. The number of piperazine rings is 1. The van der Waals surface area contributed by atoms with Crippen molar-refractivity contribution in [2.24, 2.45) is 0 Å². The first-order chi connectivity index (χ1) is 10.5. The fourth-order valence-electron chi connectivity index (χ4n) is 3.01. The molecule has 118 valence electrons. The van der Waals surface area contributed by atoms with Gasteiger partial charge in [-0.2, -0.15) is 0 Å². The SMILES string of the molecule is C[C@H](c1nnc(-c2cccc(Cl)c2)o1)N1CCN(C)C[C@@H]1C. The van der Waals surface area contributed by atoms with Gasteiger partial charge in [-0.25, -0.2) is 0 Å². The molecular weight excluding hydrogens is 300 g/mol. The van der Waals surface area contributed by atoms with Crippen LogP contribution in [-0.4, -0.2) is 52.7 Å². The summed E-state index contributed by atoms with van der Waals surface area (Å²) in [7, 11) is 2.16. The minimum atomic E-state index is 0.115. The lowest BCUT2D eigenvalue weighted by Gasteiger charge is -2.40. The number of hydrogen-bond donors (Lipinski definition) is 0. The molecule has 2 heterocycles. The van der Waals surface area contributed by atoms with E-state index in [2.05, 4.69) is 40.9 Å². The molecule has 0 radical (unpaired) electrons. The van der Waals surface area contributed by atoms with Crippen LogP contribution < -0.4 is 0 Å². The maximum Gasteiger partial charge on any atom is 0.247 e. The van der Waals surface area contributed by atoms with Crippen molar-refractivity contribution in [1.82, 2.24) is 20.0 Å². The first-order valence-electron chi connectivity index (χ1n) is 7.58. The average molecular weight is 321 g/mol. The zero-order valence-corrected chi connectivity index (χ0v) is 13.9. The molecule has 0 amide bonds. The number of likely N-dealkylation sites (N-methyl/N-ethyl adjacent to an activating group) is 1. The van der Waals surface area contributed by atoms with E-state index in [1.807, 2.05) is 24.3 Å². The summed E-state index contributed by atoms with van der Waals surface area (Å²) in [4.78, 5) is 4.76. The van der Waals surface area contributed by atoms with E-state index in [1.54, 1.807) is 0 Å². The molecule has 0 aliphatic carbocycles. The Morgan fingerprint density at radius 1 is 1.32 bits per heavy atom. The molecule has 1 aromatic heterocycles. The maximum absolute atomic E-state index is 6.02. The van der Waals surface area contributed by atoms with E-state index >= 15 is 0 Å². The van der Waals surface area contributed by atoms with Crippen LogP contribution in [0.2, 0.25) is 5.02 Å². The number of benzene rings is 1. The van der Waals surface area contributed by atoms with E-state index in [0.717, 1.165) is 25.2 Å². The Labute approximate surface area is 135 Å². The van der Waals surface area contributed by atoms with Gasteiger partial charge >= 0.3 is 0 Å². The molecule has 0 bridgehead atoms. The highest BCUT2D eigenvalue weighted by atomic mass is 35.5. The van der Waals surface area contributed by atoms with E-state index in [1.165, 1.54) is 0 Å². The third kappa shape index (κ3) is 3.16. The monoisotopic (exact) mass is 320 g/mol. The standard InChI is InChI=1S/C16H21ClN4O/c1-11-10-20(3)7-8-21(11)12(2)15-18-19-16(22-15)13-5-4-6-14(17)9-13/h4-6,9,11-12H,7-8,10H2,1-3H3/t11-,12+/m0/s1.